The summed E-state index contributed by atoms with van der Waals surface area (Å²) in [6, 6.07) is 5.12. The van der Waals surface area contributed by atoms with Crippen molar-refractivity contribution in [3.63, 3.8) is 0 Å². The van der Waals surface area contributed by atoms with E-state index in [1.807, 2.05) is 18.2 Å². The highest BCUT2D eigenvalue weighted by molar-refractivity contribution is 5.73. The molecule has 3 rings (SSSR count). The number of carbonyl (C=O) groups is 1. The van der Waals surface area contributed by atoms with E-state index >= 15 is 0 Å². The molecule has 2 atom stereocenters. The SMILES string of the molecule is NC(CC1CCN(c2ccc3c(c2)OCO3)C1)C(=O)O. The quantitative estimate of drug-likeness (QED) is 0.856. The van der Waals surface area contributed by atoms with Gasteiger partial charge in [0, 0.05) is 24.8 Å². The maximum atomic E-state index is 10.8. The number of aliphatic carboxylic acids is 1. The fraction of sp³-hybridized carbons (Fsp3) is 0.500. The minimum atomic E-state index is -0.925. The van der Waals surface area contributed by atoms with Gasteiger partial charge < -0.3 is 25.2 Å². The molecular formula is C14H18N2O4. The summed E-state index contributed by atoms with van der Waals surface area (Å²) in [5, 5.41) is 8.86. The van der Waals surface area contributed by atoms with Gasteiger partial charge in [0.1, 0.15) is 6.04 Å². The summed E-state index contributed by atoms with van der Waals surface area (Å²) in [5.74, 6) is 0.948. The zero-order valence-electron chi connectivity index (χ0n) is 11.1. The van der Waals surface area contributed by atoms with E-state index in [4.69, 9.17) is 20.3 Å². The van der Waals surface area contributed by atoms with Crippen LogP contribution in [0.5, 0.6) is 11.5 Å². The van der Waals surface area contributed by atoms with Gasteiger partial charge in [0.15, 0.2) is 11.5 Å². The van der Waals surface area contributed by atoms with E-state index in [1.54, 1.807) is 0 Å². The van der Waals surface area contributed by atoms with Crippen molar-refractivity contribution in [3.8, 4) is 11.5 Å². The van der Waals surface area contributed by atoms with Gasteiger partial charge in [0.25, 0.3) is 0 Å². The largest absolute Gasteiger partial charge is 0.480 e. The molecule has 2 aliphatic heterocycles. The van der Waals surface area contributed by atoms with Crippen molar-refractivity contribution < 1.29 is 19.4 Å². The van der Waals surface area contributed by atoms with Crippen molar-refractivity contribution in [2.75, 3.05) is 24.8 Å². The van der Waals surface area contributed by atoms with Crippen molar-refractivity contribution in [1.29, 1.82) is 0 Å². The van der Waals surface area contributed by atoms with Crippen molar-refractivity contribution in [1.82, 2.24) is 0 Å². The van der Waals surface area contributed by atoms with Crippen LogP contribution in [0.4, 0.5) is 5.69 Å². The van der Waals surface area contributed by atoms with Crippen LogP contribution in [0.2, 0.25) is 0 Å². The molecule has 2 unspecified atom stereocenters. The highest BCUT2D eigenvalue weighted by Crippen LogP contribution is 2.37. The van der Waals surface area contributed by atoms with Gasteiger partial charge in [-0.15, -0.1) is 0 Å². The third-order valence-electron chi connectivity index (χ3n) is 3.91. The average molecular weight is 278 g/mol. The van der Waals surface area contributed by atoms with Crippen LogP contribution in [0, 0.1) is 5.92 Å². The lowest BCUT2D eigenvalue weighted by molar-refractivity contribution is -0.138. The van der Waals surface area contributed by atoms with Crippen molar-refractivity contribution >= 4 is 11.7 Å². The molecular weight excluding hydrogens is 260 g/mol. The van der Waals surface area contributed by atoms with Gasteiger partial charge in [0.05, 0.1) is 0 Å². The minimum absolute atomic E-state index is 0.273. The number of rotatable bonds is 4. The molecule has 1 fully saturated rings. The Morgan fingerprint density at radius 2 is 2.25 bits per heavy atom. The molecule has 3 N–H and O–H groups in total. The predicted molar refractivity (Wildman–Crippen MR) is 73.1 cm³/mol. The monoisotopic (exact) mass is 278 g/mol. The number of carboxylic acid groups (broad SMARTS) is 1. The van der Waals surface area contributed by atoms with E-state index < -0.39 is 12.0 Å². The number of nitrogens with two attached hydrogens (primary N) is 1. The molecule has 0 aromatic heterocycles. The summed E-state index contributed by atoms with van der Waals surface area (Å²) in [7, 11) is 0. The van der Waals surface area contributed by atoms with E-state index in [0.29, 0.717) is 12.3 Å². The summed E-state index contributed by atoms with van der Waals surface area (Å²) < 4.78 is 10.7. The second kappa shape index (κ2) is 5.20. The average Bonchev–Trinajstić information content (AvgIpc) is 3.05. The fourth-order valence-corrected chi connectivity index (χ4v) is 2.80. The van der Waals surface area contributed by atoms with Crippen LogP contribution in [0.3, 0.4) is 0 Å². The summed E-state index contributed by atoms with van der Waals surface area (Å²) in [5.41, 5.74) is 6.68. The number of ether oxygens (including phenoxy) is 2. The molecule has 0 bridgehead atoms. The number of benzene rings is 1. The van der Waals surface area contributed by atoms with Crippen molar-refractivity contribution in [2.24, 2.45) is 11.7 Å². The van der Waals surface area contributed by atoms with E-state index in [0.717, 1.165) is 36.7 Å². The Balaban J connectivity index is 1.64. The van der Waals surface area contributed by atoms with Crippen LogP contribution in [0.25, 0.3) is 0 Å². The Labute approximate surface area is 117 Å². The second-order valence-corrected chi connectivity index (χ2v) is 5.32. The maximum absolute atomic E-state index is 10.8. The van der Waals surface area contributed by atoms with Crippen LogP contribution in [0.15, 0.2) is 18.2 Å². The number of anilines is 1. The Morgan fingerprint density at radius 1 is 1.45 bits per heavy atom. The van der Waals surface area contributed by atoms with Crippen molar-refractivity contribution in [3.05, 3.63) is 18.2 Å². The molecule has 1 aromatic carbocycles. The van der Waals surface area contributed by atoms with Crippen molar-refractivity contribution in [2.45, 2.75) is 18.9 Å². The molecule has 2 heterocycles. The van der Waals surface area contributed by atoms with E-state index in [2.05, 4.69) is 4.90 Å². The molecule has 1 saturated heterocycles. The standard InChI is InChI=1S/C14H18N2O4/c15-11(14(17)18)5-9-3-4-16(7-9)10-1-2-12-13(6-10)20-8-19-12/h1-2,6,9,11H,3-5,7-8,15H2,(H,17,18). The first-order chi connectivity index (χ1) is 9.63. The van der Waals surface area contributed by atoms with Crippen LogP contribution in [-0.4, -0.2) is 37.0 Å². The smallest absolute Gasteiger partial charge is 0.320 e. The summed E-state index contributed by atoms with van der Waals surface area (Å²) in [6.07, 6.45) is 1.49. The summed E-state index contributed by atoms with van der Waals surface area (Å²) in [4.78, 5) is 13.0. The number of nitrogens with zero attached hydrogens (tertiary/aromatic N) is 1. The number of hydrogen-bond donors (Lipinski definition) is 2. The van der Waals surface area contributed by atoms with Gasteiger partial charge >= 0.3 is 5.97 Å². The van der Waals surface area contributed by atoms with Crippen LogP contribution >= 0.6 is 0 Å². The predicted octanol–water partition coefficient (Wildman–Crippen LogP) is 1.04. The summed E-state index contributed by atoms with van der Waals surface area (Å²) in [6.45, 7) is 2.02. The Morgan fingerprint density at radius 3 is 3.05 bits per heavy atom. The second-order valence-electron chi connectivity index (χ2n) is 5.32. The number of fused-ring (bicyclic) bond motifs is 1. The van der Waals surface area contributed by atoms with Crippen LogP contribution in [-0.2, 0) is 4.79 Å². The zero-order valence-corrected chi connectivity index (χ0v) is 11.1. The van der Waals surface area contributed by atoms with Gasteiger partial charge in [-0.05, 0) is 30.9 Å². The molecule has 0 saturated carbocycles. The van der Waals surface area contributed by atoms with Gasteiger partial charge in [0.2, 0.25) is 6.79 Å². The van der Waals surface area contributed by atoms with E-state index in [-0.39, 0.29) is 6.79 Å². The van der Waals surface area contributed by atoms with Gasteiger partial charge in [-0.1, -0.05) is 0 Å². The van der Waals surface area contributed by atoms with Crippen LogP contribution < -0.4 is 20.1 Å². The topological polar surface area (TPSA) is 85.0 Å². The minimum Gasteiger partial charge on any atom is -0.480 e. The molecule has 2 aliphatic rings. The molecule has 20 heavy (non-hydrogen) atoms. The summed E-state index contributed by atoms with van der Waals surface area (Å²) >= 11 is 0. The number of hydrogen-bond acceptors (Lipinski definition) is 5. The third kappa shape index (κ3) is 2.51. The molecule has 0 amide bonds. The molecule has 0 aliphatic carbocycles. The fourth-order valence-electron chi connectivity index (χ4n) is 2.80. The highest BCUT2D eigenvalue weighted by atomic mass is 16.7. The van der Waals surface area contributed by atoms with E-state index in [9.17, 15) is 4.79 Å². The highest BCUT2D eigenvalue weighted by Gasteiger charge is 2.27. The third-order valence-corrected chi connectivity index (χ3v) is 3.91. The lowest BCUT2D eigenvalue weighted by atomic mass is 10.00. The van der Waals surface area contributed by atoms with E-state index in [1.165, 1.54) is 0 Å². The lowest BCUT2D eigenvalue weighted by Gasteiger charge is -2.19. The number of carboxylic acids is 1. The van der Waals surface area contributed by atoms with Gasteiger partial charge in [-0.3, -0.25) is 4.79 Å². The molecule has 0 spiro atoms. The first kappa shape index (κ1) is 13.1. The molecule has 0 radical (unpaired) electrons. The Kier molecular flexibility index (Phi) is 3.40. The molecule has 6 heteroatoms. The maximum Gasteiger partial charge on any atom is 0.320 e. The Bertz CT molecular complexity index is 520. The Hall–Kier alpha value is -1.95. The lowest BCUT2D eigenvalue weighted by Crippen LogP contribution is -2.33. The molecule has 108 valence electrons. The zero-order chi connectivity index (χ0) is 14.1. The molecule has 6 nitrogen and oxygen atoms in total. The normalized spacial score (nSPS) is 22.1. The van der Waals surface area contributed by atoms with Gasteiger partial charge in [-0.2, -0.15) is 0 Å². The first-order valence-electron chi connectivity index (χ1n) is 6.76. The van der Waals surface area contributed by atoms with Gasteiger partial charge in [-0.25, -0.2) is 0 Å². The van der Waals surface area contributed by atoms with Crippen LogP contribution in [0.1, 0.15) is 12.8 Å². The molecule has 1 aromatic rings. The first-order valence-corrected chi connectivity index (χ1v) is 6.76.